The van der Waals surface area contributed by atoms with Crippen molar-refractivity contribution in [2.24, 2.45) is 4.99 Å². The van der Waals surface area contributed by atoms with Crippen LogP contribution in [0.15, 0.2) is 16.3 Å². The molecule has 0 bridgehead atoms. The zero-order valence-electron chi connectivity index (χ0n) is 10.6. The Hall–Kier alpha value is -1.49. The summed E-state index contributed by atoms with van der Waals surface area (Å²) in [5, 5.41) is 10.3. The third-order valence-corrected chi connectivity index (χ3v) is 3.41. The number of unbranched alkanes of at least 4 members (excludes halogenated alkanes) is 2. The van der Waals surface area contributed by atoms with E-state index < -0.39 is 23.4 Å². The van der Waals surface area contributed by atoms with Crippen molar-refractivity contribution in [1.29, 1.82) is 0 Å². The first-order chi connectivity index (χ1) is 8.48. The van der Waals surface area contributed by atoms with Crippen molar-refractivity contribution in [3.63, 3.8) is 0 Å². The van der Waals surface area contributed by atoms with Gasteiger partial charge in [-0.25, -0.2) is 4.99 Å². The van der Waals surface area contributed by atoms with Gasteiger partial charge in [0.05, 0.1) is 6.21 Å². The molecule has 0 aliphatic carbocycles. The van der Waals surface area contributed by atoms with Gasteiger partial charge < -0.3 is 9.84 Å². The number of hydrogen-bond acceptors (Lipinski definition) is 4. The number of rotatable bonds is 4. The minimum atomic E-state index is -1.64. The molecule has 2 aliphatic heterocycles. The van der Waals surface area contributed by atoms with Crippen molar-refractivity contribution in [1.82, 2.24) is 0 Å². The summed E-state index contributed by atoms with van der Waals surface area (Å²) in [5.74, 6) is -0.993. The van der Waals surface area contributed by atoms with Crippen molar-refractivity contribution < 1.29 is 19.4 Å². The van der Waals surface area contributed by atoms with Gasteiger partial charge in [0.1, 0.15) is 11.7 Å². The van der Waals surface area contributed by atoms with E-state index in [1.54, 1.807) is 0 Å². The number of aliphatic hydroxyl groups is 1. The van der Waals surface area contributed by atoms with Gasteiger partial charge in [0, 0.05) is 0 Å². The fourth-order valence-electron chi connectivity index (χ4n) is 2.24. The highest BCUT2D eigenvalue weighted by molar-refractivity contribution is 6.29. The van der Waals surface area contributed by atoms with Crippen LogP contribution in [0.25, 0.3) is 0 Å². The van der Waals surface area contributed by atoms with E-state index in [2.05, 4.69) is 11.9 Å². The maximum Gasteiger partial charge on any atom is 0.284 e. The third-order valence-electron chi connectivity index (χ3n) is 3.41. The van der Waals surface area contributed by atoms with Crippen LogP contribution in [0, 0.1) is 0 Å². The van der Waals surface area contributed by atoms with Crippen LogP contribution >= 0.6 is 0 Å². The molecule has 0 radical (unpaired) electrons. The second-order valence-corrected chi connectivity index (χ2v) is 4.88. The number of carbonyl (C=O) groups excluding carboxylic acids is 2. The summed E-state index contributed by atoms with van der Waals surface area (Å²) < 4.78 is 5.55. The van der Waals surface area contributed by atoms with Crippen LogP contribution in [-0.2, 0) is 14.3 Å². The van der Waals surface area contributed by atoms with Crippen LogP contribution in [0.1, 0.15) is 39.5 Å². The van der Waals surface area contributed by atoms with Crippen molar-refractivity contribution in [2.45, 2.75) is 51.2 Å². The molecule has 0 fully saturated rings. The first-order valence-electron chi connectivity index (χ1n) is 6.25. The fraction of sp³-hybridized carbons (Fsp3) is 0.615. The van der Waals surface area contributed by atoms with E-state index in [-0.39, 0.29) is 11.3 Å². The third kappa shape index (κ3) is 1.99. The number of Topliss-reactive ketones (excluding diaryl/α,β-unsaturated/α-hetero) is 1. The van der Waals surface area contributed by atoms with Crippen molar-refractivity contribution in [2.75, 3.05) is 0 Å². The fourth-order valence-corrected chi connectivity index (χ4v) is 2.24. The smallest absolute Gasteiger partial charge is 0.284 e. The average molecular weight is 251 g/mol. The number of hydrogen-bond donors (Lipinski definition) is 1. The predicted octanol–water partition coefficient (Wildman–Crippen LogP) is 1.15. The normalized spacial score (nSPS) is 30.7. The van der Waals surface area contributed by atoms with Gasteiger partial charge in [-0.15, -0.1) is 0 Å². The maximum absolute atomic E-state index is 12.1. The van der Waals surface area contributed by atoms with E-state index in [9.17, 15) is 14.7 Å². The van der Waals surface area contributed by atoms with E-state index in [0.717, 1.165) is 19.3 Å². The van der Waals surface area contributed by atoms with Crippen LogP contribution in [0.4, 0.5) is 0 Å². The number of amides is 1. The molecule has 0 aromatic heterocycles. The molecule has 2 aliphatic rings. The summed E-state index contributed by atoms with van der Waals surface area (Å²) >= 11 is 0. The monoisotopic (exact) mass is 251 g/mol. The van der Waals surface area contributed by atoms with Crippen molar-refractivity contribution in [3.05, 3.63) is 11.3 Å². The predicted molar refractivity (Wildman–Crippen MR) is 65.2 cm³/mol. The lowest BCUT2D eigenvalue weighted by molar-refractivity contribution is -0.151. The first-order valence-corrected chi connectivity index (χ1v) is 6.25. The van der Waals surface area contributed by atoms with Gasteiger partial charge in [0.2, 0.25) is 5.78 Å². The number of ether oxygens (including phenoxy) is 1. The van der Waals surface area contributed by atoms with Crippen molar-refractivity contribution in [3.8, 4) is 0 Å². The Bertz CT molecular complexity index is 448. The van der Waals surface area contributed by atoms with Gasteiger partial charge in [0.15, 0.2) is 11.4 Å². The van der Waals surface area contributed by atoms with Gasteiger partial charge in [-0.05, 0) is 19.8 Å². The molecule has 2 atom stereocenters. The molecule has 5 heteroatoms. The molecule has 5 nitrogen and oxygen atoms in total. The Labute approximate surface area is 106 Å². The molecule has 2 rings (SSSR count). The van der Waals surface area contributed by atoms with Crippen molar-refractivity contribution >= 4 is 17.9 Å². The number of aliphatic imine (C=N–C) groups is 1. The van der Waals surface area contributed by atoms with Gasteiger partial charge in [-0.1, -0.05) is 19.8 Å². The molecule has 0 spiro atoms. The zero-order chi connectivity index (χ0) is 13.3. The largest absolute Gasteiger partial charge is 0.484 e. The SMILES string of the molecule is CCCCCC1OC2=C(C(=O)N=C2)C(=O)C1(C)O. The summed E-state index contributed by atoms with van der Waals surface area (Å²) in [4.78, 5) is 27.0. The molecule has 0 aromatic rings. The molecular formula is C13H17NO4. The van der Waals surface area contributed by atoms with Gasteiger partial charge in [0.25, 0.3) is 5.91 Å². The van der Waals surface area contributed by atoms with Gasteiger partial charge in [-0.2, -0.15) is 0 Å². The van der Waals surface area contributed by atoms with Gasteiger partial charge >= 0.3 is 0 Å². The van der Waals surface area contributed by atoms with E-state index in [1.165, 1.54) is 13.1 Å². The molecule has 1 N–H and O–H groups in total. The van der Waals surface area contributed by atoms with Crippen LogP contribution in [0.5, 0.6) is 0 Å². The molecule has 98 valence electrons. The minimum Gasteiger partial charge on any atom is -0.484 e. The highest BCUT2D eigenvalue weighted by atomic mass is 16.5. The topological polar surface area (TPSA) is 76.0 Å². The average Bonchev–Trinajstić information content (AvgIpc) is 2.67. The summed E-state index contributed by atoms with van der Waals surface area (Å²) in [7, 11) is 0. The van der Waals surface area contributed by atoms with E-state index >= 15 is 0 Å². The van der Waals surface area contributed by atoms with E-state index in [4.69, 9.17) is 4.74 Å². The summed E-state index contributed by atoms with van der Waals surface area (Å²) in [5.41, 5.74) is -1.76. The van der Waals surface area contributed by atoms with E-state index in [1.807, 2.05) is 0 Å². The number of nitrogens with zero attached hydrogens (tertiary/aromatic N) is 1. The summed E-state index contributed by atoms with van der Waals surface area (Å²) in [6.45, 7) is 3.48. The summed E-state index contributed by atoms with van der Waals surface area (Å²) in [6.07, 6.45) is 4.19. The molecule has 18 heavy (non-hydrogen) atoms. The Morgan fingerprint density at radius 3 is 2.83 bits per heavy atom. The Morgan fingerprint density at radius 2 is 2.17 bits per heavy atom. The summed E-state index contributed by atoms with van der Waals surface area (Å²) in [6, 6.07) is 0. The van der Waals surface area contributed by atoms with Gasteiger partial charge in [-0.3, -0.25) is 9.59 Å². The Kier molecular flexibility index (Phi) is 3.34. The highest BCUT2D eigenvalue weighted by Gasteiger charge is 2.50. The Balaban J connectivity index is 2.20. The second-order valence-electron chi connectivity index (χ2n) is 4.88. The van der Waals surface area contributed by atoms with Crippen LogP contribution in [-0.4, -0.2) is 34.7 Å². The standard InChI is InChI=1S/C13H17NO4/c1-3-4-5-6-9-13(2,17)11(15)10-8(18-9)7-14-12(10)16/h7,9,17H,3-6H2,1-2H3. The molecule has 1 amide bonds. The lowest BCUT2D eigenvalue weighted by Gasteiger charge is -2.35. The molecule has 2 unspecified atom stereocenters. The molecule has 0 saturated carbocycles. The lowest BCUT2D eigenvalue weighted by Crippen LogP contribution is -2.52. The van der Waals surface area contributed by atoms with E-state index in [0.29, 0.717) is 6.42 Å². The molecule has 2 heterocycles. The van der Waals surface area contributed by atoms with Crippen LogP contribution in [0.2, 0.25) is 0 Å². The molecule has 0 aromatic carbocycles. The quantitative estimate of drug-likeness (QED) is 0.600. The molecular weight excluding hydrogens is 234 g/mol. The minimum absolute atomic E-state index is 0.119. The maximum atomic E-state index is 12.1. The number of carbonyl (C=O) groups is 2. The zero-order valence-corrected chi connectivity index (χ0v) is 10.6. The second kappa shape index (κ2) is 4.65. The lowest BCUT2D eigenvalue weighted by atomic mass is 9.84. The van der Waals surface area contributed by atoms with Crippen LogP contribution < -0.4 is 0 Å². The number of ketones is 1. The highest BCUT2D eigenvalue weighted by Crippen LogP contribution is 2.33. The Morgan fingerprint density at radius 1 is 1.44 bits per heavy atom. The first kappa shape index (κ1) is 13.0. The molecule has 0 saturated heterocycles. The van der Waals surface area contributed by atoms with Crippen LogP contribution in [0.3, 0.4) is 0 Å². The number of allylic oxidation sites excluding steroid dienone is 1.